The zero-order valence-electron chi connectivity index (χ0n) is 19.2. The summed E-state index contributed by atoms with van der Waals surface area (Å²) >= 11 is 0. The minimum Gasteiger partial charge on any atom is -0.439 e. The van der Waals surface area contributed by atoms with Crippen LogP contribution in [0.15, 0.2) is 54.6 Å². The number of aryl methyl sites for hydroxylation is 1. The van der Waals surface area contributed by atoms with E-state index in [0.717, 1.165) is 16.9 Å². The average Bonchev–Trinajstić information content (AvgIpc) is 3.10. The molecule has 0 saturated carbocycles. The monoisotopic (exact) mass is 451 g/mol. The van der Waals surface area contributed by atoms with E-state index in [1.54, 1.807) is 16.8 Å². The number of para-hydroxylation sites is 1. The summed E-state index contributed by atoms with van der Waals surface area (Å²) in [6.07, 6.45) is 4.52. The van der Waals surface area contributed by atoms with Crippen LogP contribution in [0.5, 0.6) is 11.6 Å². The van der Waals surface area contributed by atoms with Crippen LogP contribution in [0.3, 0.4) is 0 Å². The van der Waals surface area contributed by atoms with Crippen molar-refractivity contribution in [1.82, 2.24) is 14.7 Å². The first-order valence-electron chi connectivity index (χ1n) is 10.9. The van der Waals surface area contributed by atoms with Crippen molar-refractivity contribution in [2.24, 2.45) is 0 Å². The highest BCUT2D eigenvalue weighted by atomic mass is 19.1. The number of terminal acetylenes is 1. The molecule has 0 bridgehead atoms. The number of aromatic nitrogens is 2. The Balaban J connectivity index is 1.93. The van der Waals surface area contributed by atoms with Gasteiger partial charge in [0, 0.05) is 19.1 Å². The van der Waals surface area contributed by atoms with Crippen LogP contribution < -0.4 is 4.74 Å². The first-order valence-corrected chi connectivity index (χ1v) is 10.9. The Bertz CT molecular complexity index is 1060. The fourth-order valence-electron chi connectivity index (χ4n) is 3.42. The van der Waals surface area contributed by atoms with Gasteiger partial charge < -0.3 is 14.6 Å². The number of aliphatic hydroxyl groups excluding tert-OH is 1. The molecule has 0 aliphatic carbocycles. The van der Waals surface area contributed by atoms with Crippen molar-refractivity contribution in [3.63, 3.8) is 0 Å². The van der Waals surface area contributed by atoms with Gasteiger partial charge in [-0.1, -0.05) is 24.1 Å². The minimum atomic E-state index is -0.688. The zero-order chi connectivity index (χ0) is 23.8. The fourth-order valence-corrected chi connectivity index (χ4v) is 3.42. The van der Waals surface area contributed by atoms with Crippen LogP contribution in [0.1, 0.15) is 25.1 Å². The summed E-state index contributed by atoms with van der Waals surface area (Å²) in [6.45, 7) is 7.27. The summed E-state index contributed by atoms with van der Waals surface area (Å²) in [4.78, 5) is 2.13. The lowest BCUT2D eigenvalue weighted by Crippen LogP contribution is -2.39. The number of ether oxygens (including phenoxy) is 2. The SMILES string of the molecule is C#CCOCC(O)CN(Cc1c(C)nn(-c2ccccc2)c1Oc1ccc(F)cc1)C(C)C. The smallest absolute Gasteiger partial charge is 0.227 e. The second-order valence-electron chi connectivity index (χ2n) is 8.07. The van der Waals surface area contributed by atoms with Crippen molar-refractivity contribution in [2.45, 2.75) is 39.5 Å². The third kappa shape index (κ3) is 6.65. The quantitative estimate of drug-likeness (QED) is 0.347. The molecule has 0 spiro atoms. The molecule has 1 atom stereocenters. The maximum atomic E-state index is 13.4. The maximum Gasteiger partial charge on any atom is 0.227 e. The Labute approximate surface area is 194 Å². The van der Waals surface area contributed by atoms with Crippen LogP contribution in [-0.4, -0.2) is 51.7 Å². The lowest BCUT2D eigenvalue weighted by atomic mass is 10.2. The molecule has 1 N–H and O–H groups in total. The molecule has 0 saturated heterocycles. The van der Waals surface area contributed by atoms with Gasteiger partial charge in [-0.15, -0.1) is 6.42 Å². The summed E-state index contributed by atoms with van der Waals surface area (Å²) in [6, 6.07) is 15.7. The van der Waals surface area contributed by atoms with Crippen molar-refractivity contribution in [2.75, 3.05) is 19.8 Å². The summed E-state index contributed by atoms with van der Waals surface area (Å²) in [5, 5.41) is 15.2. The van der Waals surface area contributed by atoms with E-state index in [1.165, 1.54) is 12.1 Å². The lowest BCUT2D eigenvalue weighted by Gasteiger charge is -2.28. The van der Waals surface area contributed by atoms with Gasteiger partial charge >= 0.3 is 0 Å². The van der Waals surface area contributed by atoms with Crippen molar-refractivity contribution in [3.8, 4) is 29.7 Å². The highest BCUT2D eigenvalue weighted by molar-refractivity contribution is 5.43. The van der Waals surface area contributed by atoms with E-state index < -0.39 is 6.10 Å². The van der Waals surface area contributed by atoms with Gasteiger partial charge in [0.05, 0.1) is 29.7 Å². The van der Waals surface area contributed by atoms with Gasteiger partial charge in [0.15, 0.2) is 0 Å². The molecule has 0 radical (unpaired) electrons. The number of rotatable bonds is 11. The number of benzene rings is 2. The van der Waals surface area contributed by atoms with E-state index in [0.29, 0.717) is 24.7 Å². The van der Waals surface area contributed by atoms with Gasteiger partial charge in [0.1, 0.15) is 18.2 Å². The average molecular weight is 452 g/mol. The summed E-state index contributed by atoms with van der Waals surface area (Å²) < 4.78 is 26.7. The third-order valence-corrected chi connectivity index (χ3v) is 5.20. The molecule has 0 amide bonds. The second-order valence-corrected chi connectivity index (χ2v) is 8.07. The zero-order valence-corrected chi connectivity index (χ0v) is 19.2. The molecule has 33 heavy (non-hydrogen) atoms. The van der Waals surface area contributed by atoms with E-state index in [9.17, 15) is 9.50 Å². The maximum absolute atomic E-state index is 13.4. The van der Waals surface area contributed by atoms with E-state index in [-0.39, 0.29) is 25.1 Å². The Morgan fingerprint density at radius 2 is 1.85 bits per heavy atom. The molecule has 1 aromatic heterocycles. The molecular weight excluding hydrogens is 421 g/mol. The summed E-state index contributed by atoms with van der Waals surface area (Å²) in [5.74, 6) is 3.13. The minimum absolute atomic E-state index is 0.144. The topological polar surface area (TPSA) is 59.8 Å². The molecule has 3 aromatic rings. The molecule has 3 rings (SSSR count). The Kier molecular flexibility index (Phi) is 8.61. The Morgan fingerprint density at radius 1 is 1.15 bits per heavy atom. The van der Waals surface area contributed by atoms with E-state index in [1.807, 2.05) is 37.3 Å². The highest BCUT2D eigenvalue weighted by Crippen LogP contribution is 2.32. The largest absolute Gasteiger partial charge is 0.439 e. The number of nitrogens with zero attached hydrogens (tertiary/aromatic N) is 3. The van der Waals surface area contributed by atoms with Gasteiger partial charge in [-0.3, -0.25) is 4.90 Å². The predicted molar refractivity (Wildman–Crippen MR) is 126 cm³/mol. The molecule has 0 aliphatic heterocycles. The van der Waals surface area contributed by atoms with Crippen molar-refractivity contribution in [1.29, 1.82) is 0 Å². The van der Waals surface area contributed by atoms with Crippen LogP contribution in [0.2, 0.25) is 0 Å². The number of halogens is 1. The van der Waals surface area contributed by atoms with Crippen LogP contribution in [0.25, 0.3) is 5.69 Å². The number of aliphatic hydroxyl groups is 1. The highest BCUT2D eigenvalue weighted by Gasteiger charge is 2.24. The third-order valence-electron chi connectivity index (χ3n) is 5.20. The predicted octanol–water partition coefficient (Wildman–Crippen LogP) is 4.33. The van der Waals surface area contributed by atoms with Crippen molar-refractivity contribution < 1.29 is 19.0 Å². The number of hydrogen-bond acceptors (Lipinski definition) is 5. The first-order chi connectivity index (χ1) is 15.9. The van der Waals surface area contributed by atoms with Gasteiger partial charge in [-0.05, 0) is 57.2 Å². The van der Waals surface area contributed by atoms with Crippen molar-refractivity contribution >= 4 is 0 Å². The molecule has 1 unspecified atom stereocenters. The standard InChI is InChI=1S/C26H30FN3O3/c1-5-15-32-18-23(31)16-29(19(2)3)17-25-20(4)28-30(22-9-7-6-8-10-22)26(25)33-24-13-11-21(27)12-14-24/h1,6-14,19,23,31H,15-18H2,2-4H3. The molecule has 1 heterocycles. The fraction of sp³-hybridized carbons (Fsp3) is 0.346. The van der Waals surface area contributed by atoms with E-state index in [2.05, 4.69) is 24.7 Å². The number of hydrogen-bond donors (Lipinski definition) is 1. The first kappa shape index (κ1) is 24.5. The Morgan fingerprint density at radius 3 is 2.48 bits per heavy atom. The van der Waals surface area contributed by atoms with Gasteiger partial charge in [-0.2, -0.15) is 5.10 Å². The summed E-state index contributed by atoms with van der Waals surface area (Å²) in [5.41, 5.74) is 2.54. The van der Waals surface area contributed by atoms with Crippen LogP contribution in [-0.2, 0) is 11.3 Å². The molecule has 0 fully saturated rings. The molecule has 0 aliphatic rings. The van der Waals surface area contributed by atoms with Crippen LogP contribution in [0.4, 0.5) is 4.39 Å². The van der Waals surface area contributed by atoms with Crippen molar-refractivity contribution in [3.05, 3.63) is 71.7 Å². The van der Waals surface area contributed by atoms with E-state index in [4.69, 9.17) is 21.0 Å². The molecule has 174 valence electrons. The van der Waals surface area contributed by atoms with Crippen LogP contribution in [0, 0.1) is 25.1 Å². The van der Waals surface area contributed by atoms with Gasteiger partial charge in [-0.25, -0.2) is 9.07 Å². The molecule has 6 nitrogen and oxygen atoms in total. The molecular formula is C26H30FN3O3. The molecule has 7 heteroatoms. The molecule has 2 aromatic carbocycles. The normalized spacial score (nSPS) is 12.2. The second kappa shape index (κ2) is 11.6. The van der Waals surface area contributed by atoms with Gasteiger partial charge in [0.25, 0.3) is 0 Å². The van der Waals surface area contributed by atoms with Gasteiger partial charge in [0.2, 0.25) is 5.88 Å². The summed E-state index contributed by atoms with van der Waals surface area (Å²) in [7, 11) is 0. The Hall–Kier alpha value is -3.18. The van der Waals surface area contributed by atoms with E-state index >= 15 is 0 Å². The lowest BCUT2D eigenvalue weighted by molar-refractivity contribution is 0.0190. The van der Waals surface area contributed by atoms with Crippen LogP contribution >= 0.6 is 0 Å².